The van der Waals surface area contributed by atoms with Gasteiger partial charge in [-0.1, -0.05) is 0 Å². The van der Waals surface area contributed by atoms with E-state index >= 15 is 0 Å². The molecule has 0 spiro atoms. The molecule has 2 nitrogen and oxygen atoms in total. The van der Waals surface area contributed by atoms with Gasteiger partial charge in [-0.25, -0.2) is 0 Å². The summed E-state index contributed by atoms with van der Waals surface area (Å²) in [6, 6.07) is 2.11. The van der Waals surface area contributed by atoms with E-state index in [9.17, 15) is 0 Å². The third-order valence-corrected chi connectivity index (χ3v) is 2.84. The first kappa shape index (κ1) is 9.01. The van der Waals surface area contributed by atoms with Crippen LogP contribution in [0.15, 0.2) is 0 Å². The smallest absolute Gasteiger partial charge is 0.0230 e. The minimum atomic E-state index is 0.698. The highest BCUT2D eigenvalue weighted by Gasteiger charge is 2.30. The van der Waals surface area contributed by atoms with Gasteiger partial charge in [0.1, 0.15) is 0 Å². The van der Waals surface area contributed by atoms with Gasteiger partial charge in [-0.2, -0.15) is 0 Å². The molecule has 2 atom stereocenters. The third-order valence-electron chi connectivity index (χ3n) is 2.84. The first-order chi connectivity index (χ1) is 5.16. The Morgan fingerprint density at radius 1 is 1.45 bits per heavy atom. The minimum absolute atomic E-state index is 0.698. The Morgan fingerprint density at radius 2 is 2.09 bits per heavy atom. The summed E-state index contributed by atoms with van der Waals surface area (Å²) in [5, 5.41) is 3.36. The molecule has 1 heterocycles. The van der Waals surface area contributed by atoms with E-state index in [2.05, 4.69) is 38.0 Å². The molecule has 0 aromatic carbocycles. The van der Waals surface area contributed by atoms with Gasteiger partial charge < -0.3 is 5.32 Å². The molecule has 1 rings (SSSR count). The molecular weight excluding hydrogens is 136 g/mol. The molecule has 2 heteroatoms. The van der Waals surface area contributed by atoms with Crippen molar-refractivity contribution < 1.29 is 0 Å². The minimum Gasteiger partial charge on any atom is -0.315 e. The number of nitrogens with zero attached hydrogens (tertiary/aromatic N) is 1. The van der Waals surface area contributed by atoms with Crippen LogP contribution in [-0.2, 0) is 0 Å². The molecule has 0 aromatic heterocycles. The maximum Gasteiger partial charge on any atom is 0.0230 e. The van der Waals surface area contributed by atoms with Crippen LogP contribution in [0.1, 0.15) is 27.2 Å². The molecule has 66 valence electrons. The highest BCUT2D eigenvalue weighted by atomic mass is 15.2. The SMILES string of the molecule is CNC1CCN(C(C)C)C1C. The zero-order chi connectivity index (χ0) is 8.43. The zero-order valence-electron chi connectivity index (χ0n) is 8.09. The van der Waals surface area contributed by atoms with Gasteiger partial charge in [-0.3, -0.25) is 4.90 Å². The highest BCUT2D eigenvalue weighted by molar-refractivity contribution is 4.89. The fourth-order valence-electron chi connectivity index (χ4n) is 2.08. The van der Waals surface area contributed by atoms with Crippen molar-refractivity contribution in [1.82, 2.24) is 10.2 Å². The van der Waals surface area contributed by atoms with Crippen LogP contribution < -0.4 is 5.32 Å². The van der Waals surface area contributed by atoms with Crippen molar-refractivity contribution in [1.29, 1.82) is 0 Å². The number of rotatable bonds is 2. The fourth-order valence-corrected chi connectivity index (χ4v) is 2.08. The second-order valence-electron chi connectivity index (χ2n) is 3.76. The summed E-state index contributed by atoms with van der Waals surface area (Å²) in [4.78, 5) is 2.56. The van der Waals surface area contributed by atoms with Crippen molar-refractivity contribution in [3.05, 3.63) is 0 Å². The topological polar surface area (TPSA) is 15.3 Å². The lowest BCUT2D eigenvalue weighted by Gasteiger charge is -2.27. The Balaban J connectivity index is 2.48. The third kappa shape index (κ3) is 1.74. The monoisotopic (exact) mass is 156 g/mol. The summed E-state index contributed by atoms with van der Waals surface area (Å²) in [7, 11) is 2.06. The highest BCUT2D eigenvalue weighted by Crippen LogP contribution is 2.19. The van der Waals surface area contributed by atoms with Crippen molar-refractivity contribution >= 4 is 0 Å². The molecule has 0 bridgehead atoms. The molecule has 1 aliphatic rings. The lowest BCUT2D eigenvalue weighted by molar-refractivity contribution is 0.204. The van der Waals surface area contributed by atoms with Gasteiger partial charge in [0, 0.05) is 24.7 Å². The first-order valence-corrected chi connectivity index (χ1v) is 4.59. The maximum absolute atomic E-state index is 3.36. The van der Waals surface area contributed by atoms with E-state index in [0.717, 1.165) is 0 Å². The molecule has 0 saturated carbocycles. The summed E-state index contributed by atoms with van der Waals surface area (Å²) in [5.41, 5.74) is 0. The zero-order valence-corrected chi connectivity index (χ0v) is 8.09. The van der Waals surface area contributed by atoms with Crippen LogP contribution >= 0.6 is 0 Å². The molecule has 11 heavy (non-hydrogen) atoms. The number of likely N-dealkylation sites (N-methyl/N-ethyl adjacent to an activating group) is 1. The summed E-state index contributed by atoms with van der Waals surface area (Å²) in [6.07, 6.45) is 1.30. The van der Waals surface area contributed by atoms with Crippen molar-refractivity contribution in [2.24, 2.45) is 0 Å². The standard InChI is InChI=1S/C9H20N2/c1-7(2)11-6-5-9(10-4)8(11)3/h7-10H,5-6H2,1-4H3. The van der Waals surface area contributed by atoms with Crippen LogP contribution in [0.25, 0.3) is 0 Å². The van der Waals surface area contributed by atoms with Crippen LogP contribution in [0.4, 0.5) is 0 Å². The van der Waals surface area contributed by atoms with Crippen molar-refractivity contribution in [3.8, 4) is 0 Å². The van der Waals surface area contributed by atoms with Crippen LogP contribution in [-0.4, -0.2) is 36.6 Å². The summed E-state index contributed by atoms with van der Waals surface area (Å²) < 4.78 is 0. The predicted molar refractivity (Wildman–Crippen MR) is 48.8 cm³/mol. The maximum atomic E-state index is 3.36. The second kappa shape index (κ2) is 3.55. The van der Waals surface area contributed by atoms with E-state index in [4.69, 9.17) is 0 Å². The summed E-state index contributed by atoms with van der Waals surface area (Å²) in [5.74, 6) is 0. The van der Waals surface area contributed by atoms with Gasteiger partial charge in [-0.15, -0.1) is 0 Å². The van der Waals surface area contributed by atoms with Crippen molar-refractivity contribution in [2.75, 3.05) is 13.6 Å². The van der Waals surface area contributed by atoms with Gasteiger partial charge in [0.15, 0.2) is 0 Å². The van der Waals surface area contributed by atoms with Gasteiger partial charge >= 0.3 is 0 Å². The lowest BCUT2D eigenvalue weighted by atomic mass is 10.1. The molecule has 0 aromatic rings. The number of hydrogen-bond donors (Lipinski definition) is 1. The number of likely N-dealkylation sites (tertiary alicyclic amines) is 1. The van der Waals surface area contributed by atoms with E-state index < -0.39 is 0 Å². The average molecular weight is 156 g/mol. The predicted octanol–water partition coefficient (Wildman–Crippen LogP) is 1.08. The Bertz CT molecular complexity index is 123. The molecule has 1 aliphatic heterocycles. The van der Waals surface area contributed by atoms with E-state index in [1.165, 1.54) is 13.0 Å². The van der Waals surface area contributed by atoms with Gasteiger partial charge in [0.2, 0.25) is 0 Å². The van der Waals surface area contributed by atoms with E-state index in [-0.39, 0.29) is 0 Å². The molecule has 1 N–H and O–H groups in total. The average Bonchev–Trinajstić information content (AvgIpc) is 2.30. The first-order valence-electron chi connectivity index (χ1n) is 4.59. The Morgan fingerprint density at radius 3 is 2.36 bits per heavy atom. The summed E-state index contributed by atoms with van der Waals surface area (Å²) >= 11 is 0. The van der Waals surface area contributed by atoms with Gasteiger partial charge in [-0.05, 0) is 34.2 Å². The largest absolute Gasteiger partial charge is 0.315 e. The summed E-state index contributed by atoms with van der Waals surface area (Å²) in [6.45, 7) is 8.11. The molecular formula is C9H20N2. The van der Waals surface area contributed by atoms with Crippen LogP contribution in [0.3, 0.4) is 0 Å². The van der Waals surface area contributed by atoms with Crippen molar-refractivity contribution in [2.45, 2.75) is 45.3 Å². The number of hydrogen-bond acceptors (Lipinski definition) is 2. The molecule has 0 aliphatic carbocycles. The molecule has 0 radical (unpaired) electrons. The van der Waals surface area contributed by atoms with E-state index in [1.54, 1.807) is 0 Å². The molecule has 1 fully saturated rings. The number of nitrogens with one attached hydrogen (secondary N) is 1. The fraction of sp³-hybridized carbons (Fsp3) is 1.00. The molecule has 1 saturated heterocycles. The van der Waals surface area contributed by atoms with E-state index in [1.807, 2.05) is 0 Å². The quantitative estimate of drug-likeness (QED) is 0.643. The van der Waals surface area contributed by atoms with Gasteiger partial charge in [0.05, 0.1) is 0 Å². The molecule has 2 unspecified atom stereocenters. The van der Waals surface area contributed by atoms with Gasteiger partial charge in [0.25, 0.3) is 0 Å². The Kier molecular flexibility index (Phi) is 2.90. The van der Waals surface area contributed by atoms with Crippen LogP contribution in [0.2, 0.25) is 0 Å². The van der Waals surface area contributed by atoms with Crippen LogP contribution in [0.5, 0.6) is 0 Å². The normalized spacial score (nSPS) is 33.5. The Labute approximate surface area is 70.0 Å². The van der Waals surface area contributed by atoms with E-state index in [0.29, 0.717) is 18.1 Å². The molecule has 0 amide bonds. The lowest BCUT2D eigenvalue weighted by Crippen LogP contribution is -2.41. The Hall–Kier alpha value is -0.0800. The van der Waals surface area contributed by atoms with Crippen molar-refractivity contribution in [3.63, 3.8) is 0 Å². The second-order valence-corrected chi connectivity index (χ2v) is 3.76. The van der Waals surface area contributed by atoms with Crippen LogP contribution in [0, 0.1) is 0 Å².